The molecule has 37 heavy (non-hydrogen) atoms. The quantitative estimate of drug-likeness (QED) is 0.507. The Balaban J connectivity index is 1.24. The van der Waals surface area contributed by atoms with Gasteiger partial charge in [-0.3, -0.25) is 0 Å². The number of anilines is 1. The van der Waals surface area contributed by atoms with E-state index in [2.05, 4.69) is 47.4 Å². The highest BCUT2D eigenvalue weighted by Crippen LogP contribution is 2.50. The van der Waals surface area contributed by atoms with Crippen molar-refractivity contribution in [1.29, 1.82) is 0 Å². The minimum atomic E-state index is 0.239. The first-order valence-corrected chi connectivity index (χ1v) is 13.8. The number of hydrogen-bond acceptors (Lipinski definition) is 7. The maximum Gasteiger partial charge on any atom is 0.163 e. The molecule has 7 nitrogen and oxygen atoms in total. The van der Waals surface area contributed by atoms with Crippen molar-refractivity contribution in [2.45, 2.75) is 44.8 Å². The van der Waals surface area contributed by atoms with Crippen molar-refractivity contribution in [1.82, 2.24) is 14.8 Å². The highest BCUT2D eigenvalue weighted by atomic mass is 16.5. The molecule has 196 valence electrons. The van der Waals surface area contributed by atoms with Crippen LogP contribution in [0.25, 0.3) is 22.4 Å². The number of fused-ring (bicyclic) bond motifs is 3. The second-order valence-corrected chi connectivity index (χ2v) is 12.3. The summed E-state index contributed by atoms with van der Waals surface area (Å²) in [5.41, 5.74) is 3.32. The summed E-state index contributed by atoms with van der Waals surface area (Å²) in [4.78, 5) is 9.92. The normalized spacial score (nSPS) is 27.3. The van der Waals surface area contributed by atoms with E-state index in [4.69, 9.17) is 18.9 Å². The van der Waals surface area contributed by atoms with Gasteiger partial charge in [0.15, 0.2) is 17.3 Å². The number of ether oxygens (including phenoxy) is 2. The van der Waals surface area contributed by atoms with Crippen molar-refractivity contribution in [3.8, 4) is 23.0 Å². The number of piperidine rings is 1. The molecule has 1 spiro atoms. The van der Waals surface area contributed by atoms with Crippen molar-refractivity contribution in [3.05, 3.63) is 36.1 Å². The zero-order chi connectivity index (χ0) is 25.3. The van der Waals surface area contributed by atoms with Crippen LogP contribution in [0.1, 0.15) is 31.4 Å². The van der Waals surface area contributed by atoms with E-state index in [1.807, 2.05) is 19.1 Å². The Labute approximate surface area is 219 Å². The number of likely N-dealkylation sites (tertiary alicyclic amines) is 2. The molecule has 4 heterocycles. The molecule has 2 bridgehead atoms. The molecule has 1 N–H and O–H groups in total. The minimum Gasteiger partial charge on any atom is -0.493 e. The van der Waals surface area contributed by atoms with Crippen LogP contribution in [-0.4, -0.2) is 74.3 Å². The van der Waals surface area contributed by atoms with Gasteiger partial charge in [-0.1, -0.05) is 0 Å². The first-order valence-electron chi connectivity index (χ1n) is 13.8. The van der Waals surface area contributed by atoms with E-state index in [0.717, 1.165) is 71.2 Å². The largest absolute Gasteiger partial charge is 0.493 e. The summed E-state index contributed by atoms with van der Waals surface area (Å²) in [6.45, 7) is 6.65. The fourth-order valence-corrected chi connectivity index (χ4v) is 7.70. The van der Waals surface area contributed by atoms with E-state index >= 15 is 0 Å². The average Bonchev–Trinajstić information content (AvgIpc) is 3.36. The molecular weight excluding hydrogens is 464 g/mol. The first kappa shape index (κ1) is 23.4. The third-order valence-electron chi connectivity index (χ3n) is 9.25. The van der Waals surface area contributed by atoms with E-state index in [1.54, 1.807) is 7.11 Å². The standard InChI is InChI=1S/C30H38N4O3/c1-18-5-8-26(36-18)25-10-23(32-29-19-6-7-20(29)15-33(2)14-19)22-9-27(35-4)28(11-24(22)31-25)37-21-12-30(13-21)16-34(3)17-30/h5,8-11,19-21,29H,6-7,12-17H2,1-4H3,(H,31,32). The molecule has 1 aromatic carbocycles. The van der Waals surface area contributed by atoms with E-state index in [1.165, 1.54) is 25.9 Å². The van der Waals surface area contributed by atoms with Crippen molar-refractivity contribution in [2.24, 2.45) is 17.3 Å². The lowest BCUT2D eigenvalue weighted by molar-refractivity contribution is -0.109. The van der Waals surface area contributed by atoms with Gasteiger partial charge in [0.1, 0.15) is 17.6 Å². The van der Waals surface area contributed by atoms with Crippen molar-refractivity contribution in [2.75, 3.05) is 52.7 Å². The number of rotatable bonds is 6. The summed E-state index contributed by atoms with van der Waals surface area (Å²) >= 11 is 0. The van der Waals surface area contributed by atoms with Gasteiger partial charge >= 0.3 is 0 Å². The topological polar surface area (TPSA) is 63.0 Å². The van der Waals surface area contributed by atoms with Gasteiger partial charge in [-0.05, 0) is 82.8 Å². The van der Waals surface area contributed by atoms with Gasteiger partial charge in [0.25, 0.3) is 0 Å². The number of nitrogens with zero attached hydrogens (tertiary/aromatic N) is 3. The van der Waals surface area contributed by atoms with E-state index in [-0.39, 0.29) is 6.10 Å². The van der Waals surface area contributed by atoms with Crippen LogP contribution in [-0.2, 0) is 0 Å². The van der Waals surface area contributed by atoms with Crippen LogP contribution < -0.4 is 14.8 Å². The molecule has 4 aliphatic rings. The van der Waals surface area contributed by atoms with Crippen molar-refractivity contribution >= 4 is 16.6 Å². The Morgan fingerprint density at radius 1 is 1.00 bits per heavy atom. The monoisotopic (exact) mass is 502 g/mol. The lowest BCUT2D eigenvalue weighted by atomic mass is 9.62. The Morgan fingerprint density at radius 3 is 2.41 bits per heavy atom. The minimum absolute atomic E-state index is 0.239. The lowest BCUT2D eigenvalue weighted by Crippen LogP contribution is -2.63. The third-order valence-corrected chi connectivity index (χ3v) is 9.25. The van der Waals surface area contributed by atoms with Crippen molar-refractivity contribution in [3.63, 3.8) is 0 Å². The van der Waals surface area contributed by atoms with Gasteiger partial charge in [-0.25, -0.2) is 4.98 Å². The van der Waals surface area contributed by atoms with Gasteiger partial charge in [0.05, 0.1) is 12.6 Å². The molecule has 3 aromatic rings. The Bertz CT molecular complexity index is 1310. The first-order chi connectivity index (χ1) is 17.9. The second kappa shape index (κ2) is 8.63. The summed E-state index contributed by atoms with van der Waals surface area (Å²) in [6, 6.07) is 10.8. The summed E-state index contributed by atoms with van der Waals surface area (Å²) in [6.07, 6.45) is 5.05. The zero-order valence-electron chi connectivity index (χ0n) is 22.4. The molecule has 0 radical (unpaired) electrons. The van der Waals surface area contributed by atoms with Gasteiger partial charge in [0.2, 0.25) is 0 Å². The summed E-state index contributed by atoms with van der Waals surface area (Å²) in [5, 5.41) is 5.05. The molecule has 2 aliphatic heterocycles. The van der Waals surface area contributed by atoms with Crippen LogP contribution in [0.5, 0.6) is 11.5 Å². The lowest BCUT2D eigenvalue weighted by Gasteiger charge is -2.57. The number of pyridine rings is 1. The van der Waals surface area contributed by atoms with Gasteiger partial charge < -0.3 is 29.0 Å². The molecular formula is C30H38N4O3. The van der Waals surface area contributed by atoms with E-state index in [0.29, 0.717) is 23.3 Å². The zero-order valence-corrected chi connectivity index (χ0v) is 22.4. The van der Waals surface area contributed by atoms with Crippen LogP contribution in [0.2, 0.25) is 0 Å². The number of nitrogens with one attached hydrogen (secondary N) is 1. The molecule has 2 unspecified atom stereocenters. The molecule has 2 saturated carbocycles. The number of hydrogen-bond donors (Lipinski definition) is 1. The third kappa shape index (κ3) is 4.07. The fourth-order valence-electron chi connectivity index (χ4n) is 7.70. The molecule has 7 heteroatoms. The highest BCUT2D eigenvalue weighted by molar-refractivity contribution is 5.96. The fraction of sp³-hybridized carbons (Fsp3) is 0.567. The Hall–Kier alpha value is -2.77. The van der Waals surface area contributed by atoms with Crippen LogP contribution in [0, 0.1) is 24.2 Å². The van der Waals surface area contributed by atoms with Gasteiger partial charge in [0, 0.05) is 54.8 Å². The Morgan fingerprint density at radius 2 is 1.76 bits per heavy atom. The van der Waals surface area contributed by atoms with Crippen LogP contribution in [0.15, 0.2) is 34.7 Å². The number of methoxy groups -OCH3 is 1. The number of aryl methyl sites for hydroxylation is 1. The smallest absolute Gasteiger partial charge is 0.163 e. The summed E-state index contributed by atoms with van der Waals surface area (Å²) in [5.74, 6) is 4.58. The highest BCUT2D eigenvalue weighted by Gasteiger charge is 2.52. The van der Waals surface area contributed by atoms with Crippen molar-refractivity contribution < 1.29 is 13.9 Å². The maximum absolute atomic E-state index is 6.51. The number of benzene rings is 1. The van der Waals surface area contributed by atoms with Gasteiger partial charge in [-0.2, -0.15) is 0 Å². The summed E-state index contributed by atoms with van der Waals surface area (Å²) in [7, 11) is 6.17. The molecule has 4 fully saturated rings. The number of furan rings is 1. The van der Waals surface area contributed by atoms with E-state index in [9.17, 15) is 0 Å². The van der Waals surface area contributed by atoms with Crippen LogP contribution >= 0.6 is 0 Å². The second-order valence-electron chi connectivity index (χ2n) is 12.3. The average molecular weight is 503 g/mol. The summed E-state index contributed by atoms with van der Waals surface area (Å²) < 4.78 is 18.4. The predicted molar refractivity (Wildman–Crippen MR) is 145 cm³/mol. The van der Waals surface area contributed by atoms with Crippen LogP contribution in [0.4, 0.5) is 5.69 Å². The molecule has 2 atom stereocenters. The number of aromatic nitrogens is 1. The molecule has 7 rings (SSSR count). The molecule has 2 aliphatic carbocycles. The van der Waals surface area contributed by atoms with Gasteiger partial charge in [-0.15, -0.1) is 0 Å². The molecule has 2 aromatic heterocycles. The molecule has 0 amide bonds. The van der Waals surface area contributed by atoms with Crippen LogP contribution in [0.3, 0.4) is 0 Å². The SMILES string of the molecule is COc1cc2c(NC3C4CCC3CN(C)C4)cc(-c3ccc(C)o3)nc2cc1OC1CC2(C1)CN(C)C2. The predicted octanol–water partition coefficient (Wildman–Crippen LogP) is 5.04. The Kier molecular flexibility index (Phi) is 5.45. The maximum atomic E-state index is 6.51. The molecule has 2 saturated heterocycles. The van der Waals surface area contributed by atoms with E-state index < -0.39 is 0 Å².